The van der Waals surface area contributed by atoms with Gasteiger partial charge >= 0.3 is 0 Å². The lowest BCUT2D eigenvalue weighted by Crippen LogP contribution is -2.58. The molecule has 18 nitrogen and oxygen atoms in total. The van der Waals surface area contributed by atoms with E-state index < -0.39 is 40.9 Å². The van der Waals surface area contributed by atoms with Crippen LogP contribution in [0, 0.1) is 12.7 Å². The van der Waals surface area contributed by atoms with Gasteiger partial charge in [0, 0.05) is 91.9 Å². The summed E-state index contributed by atoms with van der Waals surface area (Å²) >= 11 is 0. The van der Waals surface area contributed by atoms with Gasteiger partial charge in [0.05, 0.1) is 39.8 Å². The minimum Gasteiger partial charge on any atom is -0.368 e. The molecule has 0 unspecified atom stereocenters. The van der Waals surface area contributed by atoms with Gasteiger partial charge in [0.25, 0.3) is 23.6 Å². The molecule has 1 saturated carbocycles. The SMILES string of the molecule is Cc1cc(C(=O)N2CCN(c3ccc4c(c3)C(=O)N([C@@H]3CCC(=O)NC3=O)C4=O)CC2)ccc1C(=O)N1CCC2(CC1)C(=O)N(C1CC(N3CCCCC3)C1)c1cc(-c3cc4ncn(C(C)C)c4c(Nc4ccccc4F)n3)ccc12. The first kappa shape index (κ1) is 52.1. The summed E-state index contributed by atoms with van der Waals surface area (Å²) < 4.78 is 17.2. The van der Waals surface area contributed by atoms with E-state index in [0.717, 1.165) is 53.2 Å². The number of nitrogens with one attached hydrogen (secondary N) is 2. The van der Waals surface area contributed by atoms with Crippen LogP contribution in [0.2, 0.25) is 0 Å². The molecule has 6 aromatic rings. The van der Waals surface area contributed by atoms with Crippen LogP contribution in [0.1, 0.15) is 130 Å². The lowest BCUT2D eigenvalue weighted by molar-refractivity contribution is -0.136. The molecule has 4 aromatic carbocycles. The molecule has 1 aliphatic carbocycles. The van der Waals surface area contributed by atoms with Gasteiger partial charge in [-0.15, -0.1) is 0 Å². The summed E-state index contributed by atoms with van der Waals surface area (Å²) in [5.41, 5.74) is 7.04. The maximum Gasteiger partial charge on any atom is 0.262 e. The van der Waals surface area contributed by atoms with E-state index >= 15 is 9.18 Å². The van der Waals surface area contributed by atoms with Gasteiger partial charge in [0.1, 0.15) is 17.4 Å². The Balaban J connectivity index is 0.702. The number of carbonyl (C=O) groups excluding carboxylic acids is 7. The summed E-state index contributed by atoms with van der Waals surface area (Å²) in [5.74, 6) is -2.37. The number of piperidine rings is 3. The highest BCUT2D eigenvalue weighted by molar-refractivity contribution is 6.24. The van der Waals surface area contributed by atoms with E-state index in [1.807, 2.05) is 33.4 Å². The number of para-hydroxylation sites is 1. The second-order valence-electron chi connectivity index (χ2n) is 23.2. The number of halogens is 1. The first-order valence-corrected chi connectivity index (χ1v) is 28.6. The second kappa shape index (κ2) is 20.3. The molecule has 13 rings (SSSR count). The number of carbonyl (C=O) groups is 7. The second-order valence-corrected chi connectivity index (χ2v) is 23.2. The highest BCUT2D eigenvalue weighted by atomic mass is 19.1. The zero-order valence-electron chi connectivity index (χ0n) is 45.8. The predicted molar refractivity (Wildman–Crippen MR) is 302 cm³/mol. The van der Waals surface area contributed by atoms with Gasteiger partial charge < -0.3 is 34.4 Å². The number of fused-ring (bicyclic) bond motifs is 4. The molecule has 1 spiro atoms. The van der Waals surface area contributed by atoms with Gasteiger partial charge in [-0.3, -0.25) is 43.8 Å². The van der Waals surface area contributed by atoms with Crippen molar-refractivity contribution in [2.24, 2.45) is 0 Å². The number of hydrogen-bond acceptors (Lipinski definition) is 12. The average Bonchev–Trinajstić information content (AvgIpc) is 4.30. The van der Waals surface area contributed by atoms with Crippen molar-refractivity contribution < 1.29 is 38.0 Å². The molecule has 5 fully saturated rings. The van der Waals surface area contributed by atoms with Gasteiger partial charge in [-0.25, -0.2) is 14.4 Å². The van der Waals surface area contributed by atoms with Crippen LogP contribution in [0.5, 0.6) is 0 Å². The number of benzene rings is 4. The van der Waals surface area contributed by atoms with Gasteiger partial charge in [-0.05, 0) is 151 Å². The van der Waals surface area contributed by atoms with Crippen molar-refractivity contribution in [1.29, 1.82) is 0 Å². The molecular formula is C62H64FN11O7. The summed E-state index contributed by atoms with van der Waals surface area (Å²) in [6, 6.07) is 24.4. The largest absolute Gasteiger partial charge is 0.368 e. The molecule has 2 aromatic heterocycles. The first-order valence-electron chi connectivity index (χ1n) is 28.6. The third kappa shape index (κ3) is 8.91. The maximum absolute atomic E-state index is 15.4. The van der Waals surface area contributed by atoms with Crippen molar-refractivity contribution >= 4 is 75.3 Å². The van der Waals surface area contributed by atoms with E-state index in [1.165, 1.54) is 25.3 Å². The fraction of sp³-hybridized carbons (Fsp3) is 0.403. The molecule has 4 saturated heterocycles. The highest BCUT2D eigenvalue weighted by Crippen LogP contribution is 2.52. The van der Waals surface area contributed by atoms with Gasteiger partial charge in [0.2, 0.25) is 17.7 Å². The van der Waals surface area contributed by atoms with Crippen LogP contribution in [0.25, 0.3) is 22.3 Å². The zero-order valence-corrected chi connectivity index (χ0v) is 45.8. The number of nitrogens with zero attached hydrogens (tertiary/aromatic N) is 9. The van der Waals surface area contributed by atoms with E-state index in [9.17, 15) is 28.8 Å². The number of pyridine rings is 1. The quantitative estimate of drug-likeness (QED) is 0.127. The molecule has 416 valence electrons. The fourth-order valence-electron chi connectivity index (χ4n) is 13.6. The van der Waals surface area contributed by atoms with Crippen LogP contribution < -0.4 is 20.4 Å². The number of anilines is 4. The molecule has 7 aliphatic rings. The number of likely N-dealkylation sites (tertiary alicyclic amines) is 2. The van der Waals surface area contributed by atoms with Crippen LogP contribution in [-0.4, -0.2) is 146 Å². The van der Waals surface area contributed by atoms with Crippen molar-refractivity contribution in [3.05, 3.63) is 130 Å². The normalized spacial score (nSPS) is 22.0. The number of piperazine rings is 1. The van der Waals surface area contributed by atoms with Crippen LogP contribution in [-0.2, 0) is 19.8 Å². The monoisotopic (exact) mass is 1090 g/mol. The van der Waals surface area contributed by atoms with E-state index in [2.05, 4.69) is 46.4 Å². The van der Waals surface area contributed by atoms with Gasteiger partial charge in [-0.1, -0.05) is 30.7 Å². The van der Waals surface area contributed by atoms with Gasteiger partial charge in [-0.2, -0.15) is 0 Å². The number of imide groups is 2. The minimum absolute atomic E-state index is 0.0343. The first-order chi connectivity index (χ1) is 39.1. The van der Waals surface area contributed by atoms with Crippen molar-refractivity contribution in [3.8, 4) is 11.3 Å². The summed E-state index contributed by atoms with van der Waals surface area (Å²) in [4.78, 5) is 116. The average molecular weight is 1090 g/mol. The highest BCUT2D eigenvalue weighted by Gasteiger charge is 2.56. The van der Waals surface area contributed by atoms with Gasteiger partial charge in [0.15, 0.2) is 5.82 Å². The Morgan fingerprint density at radius 2 is 1.49 bits per heavy atom. The number of hydrogen-bond donors (Lipinski definition) is 2. The Morgan fingerprint density at radius 3 is 2.22 bits per heavy atom. The van der Waals surface area contributed by atoms with Crippen molar-refractivity contribution in [1.82, 2.24) is 39.5 Å². The van der Waals surface area contributed by atoms with E-state index in [-0.39, 0.29) is 53.8 Å². The molecule has 0 radical (unpaired) electrons. The summed E-state index contributed by atoms with van der Waals surface area (Å²) in [5, 5.41) is 5.50. The van der Waals surface area contributed by atoms with E-state index in [4.69, 9.17) is 9.97 Å². The van der Waals surface area contributed by atoms with Crippen LogP contribution >= 0.6 is 0 Å². The van der Waals surface area contributed by atoms with Crippen LogP contribution in [0.4, 0.5) is 27.3 Å². The van der Waals surface area contributed by atoms with E-state index in [0.29, 0.717) is 103 Å². The number of rotatable bonds is 10. The lowest BCUT2D eigenvalue weighted by atomic mass is 9.73. The maximum atomic E-state index is 15.4. The molecule has 81 heavy (non-hydrogen) atoms. The van der Waals surface area contributed by atoms with Crippen LogP contribution in [0.3, 0.4) is 0 Å². The molecule has 0 bridgehead atoms. The Hall–Kier alpha value is -8.32. The molecule has 19 heteroatoms. The molecule has 6 aliphatic heterocycles. The Bertz CT molecular complexity index is 3620. The summed E-state index contributed by atoms with van der Waals surface area (Å²) in [6.45, 7) is 10.6. The number of aryl methyl sites for hydroxylation is 1. The Morgan fingerprint density at radius 1 is 0.753 bits per heavy atom. The van der Waals surface area contributed by atoms with Crippen molar-refractivity contribution in [3.63, 3.8) is 0 Å². The van der Waals surface area contributed by atoms with Crippen LogP contribution in [0.15, 0.2) is 91.3 Å². The number of imidazole rings is 1. The standard InChI is InChI=1S/C62H64FN11O7/c1-36(2)72-35-64-50-34-49(66-55(54(50)72)65-48-10-6-5-9-47(48)63)38-12-16-46-52(30-38)73(42-31-41(32-42)68-21-7-4-8-22-68)61(81)62(46)19-23-70(24-20-62)58(78)43-14-11-39(29-37(43)3)57(77)71-27-25-69(26-28-71)40-13-15-44-45(33-40)60(80)74(59(44)79)51-17-18-53(75)67-56(51)76/h5-6,9-16,29-30,33-36,41-42,51H,4,7-8,17-28,31-32H2,1-3H3,(H,65,66)(H,67,75,76)/t41?,42?,51-/m1/s1. The number of aromatic nitrogens is 3. The molecule has 1 atom stereocenters. The van der Waals surface area contributed by atoms with Crippen molar-refractivity contribution in [2.75, 3.05) is 67.5 Å². The zero-order chi connectivity index (χ0) is 56.0. The topological polar surface area (TPSA) is 194 Å². The molecule has 2 N–H and O–H groups in total. The minimum atomic E-state index is -1.05. The molecule has 8 heterocycles. The fourth-order valence-corrected chi connectivity index (χ4v) is 13.6. The van der Waals surface area contributed by atoms with Crippen molar-refractivity contribution in [2.45, 2.75) is 108 Å². The molecule has 7 amide bonds. The Kier molecular flexibility index (Phi) is 13.1. The summed E-state index contributed by atoms with van der Waals surface area (Å²) in [6.07, 6.45) is 8.26. The predicted octanol–water partition coefficient (Wildman–Crippen LogP) is 7.77. The molecular weight excluding hydrogens is 1030 g/mol. The lowest BCUT2D eigenvalue weighted by Gasteiger charge is -2.48. The number of amides is 7. The third-order valence-electron chi connectivity index (χ3n) is 18.3. The smallest absolute Gasteiger partial charge is 0.262 e. The third-order valence-corrected chi connectivity index (χ3v) is 18.3. The van der Waals surface area contributed by atoms with E-state index in [1.54, 1.807) is 65.8 Å². The Labute approximate surface area is 468 Å². The summed E-state index contributed by atoms with van der Waals surface area (Å²) in [7, 11) is 0.